The summed E-state index contributed by atoms with van der Waals surface area (Å²) in [5.74, 6) is 1.40. The summed E-state index contributed by atoms with van der Waals surface area (Å²) in [4.78, 5) is 12.7. The average Bonchev–Trinajstić information content (AvgIpc) is 2.53. The molecule has 0 spiro atoms. The molecule has 6 nitrogen and oxygen atoms in total. The molecule has 3 rings (SSSR count). The first kappa shape index (κ1) is 20.4. The molecule has 132 valence electrons. The van der Waals surface area contributed by atoms with Crippen LogP contribution in [0, 0.1) is 0 Å². The number of hydrogen-bond donors (Lipinski definition) is 3. The molecule has 0 aromatic carbocycles. The van der Waals surface area contributed by atoms with E-state index in [2.05, 4.69) is 25.6 Å². The molecule has 2 aromatic rings. The summed E-state index contributed by atoms with van der Waals surface area (Å²) in [5.41, 5.74) is 7.99. The fraction of sp³-hybridized carbons (Fsp3) is 0.438. The number of nitrogens with two attached hydrogens (primary N) is 1. The molecule has 2 aromatic heterocycles. The van der Waals surface area contributed by atoms with E-state index in [1.807, 2.05) is 24.4 Å². The first-order valence-corrected chi connectivity index (χ1v) is 7.76. The van der Waals surface area contributed by atoms with E-state index in [1.165, 1.54) is 0 Å². The van der Waals surface area contributed by atoms with Gasteiger partial charge in [-0.2, -0.15) is 0 Å². The highest BCUT2D eigenvalue weighted by Crippen LogP contribution is 2.34. The molecule has 1 fully saturated rings. The molecule has 0 bridgehead atoms. The molecular weight excluding hydrogens is 347 g/mol. The van der Waals surface area contributed by atoms with Crippen LogP contribution in [-0.4, -0.2) is 34.1 Å². The zero-order chi connectivity index (χ0) is 15.2. The van der Waals surface area contributed by atoms with Gasteiger partial charge >= 0.3 is 0 Å². The van der Waals surface area contributed by atoms with E-state index in [4.69, 9.17) is 5.73 Å². The number of nitrogens with zero attached hydrogens (tertiary/aromatic N) is 3. The zero-order valence-electron chi connectivity index (χ0n) is 13.4. The Balaban J connectivity index is 0.00000144. The zero-order valence-corrected chi connectivity index (χ0v) is 15.0. The summed E-state index contributed by atoms with van der Waals surface area (Å²) in [7, 11) is 0. The van der Waals surface area contributed by atoms with Crippen molar-refractivity contribution >= 4 is 36.3 Å². The van der Waals surface area contributed by atoms with Crippen LogP contribution in [0.2, 0.25) is 0 Å². The second kappa shape index (κ2) is 10.3. The number of anilines is 2. The lowest BCUT2D eigenvalue weighted by molar-refractivity contribution is 0.345. The van der Waals surface area contributed by atoms with Crippen LogP contribution in [0.25, 0.3) is 0 Å². The van der Waals surface area contributed by atoms with Crippen molar-refractivity contribution in [1.29, 1.82) is 0 Å². The largest absolute Gasteiger partial charge is 0.384 e. The van der Waals surface area contributed by atoms with Gasteiger partial charge in [0.15, 0.2) is 0 Å². The Bertz CT molecular complexity index is 592. The van der Waals surface area contributed by atoms with Gasteiger partial charge in [-0.05, 0) is 31.4 Å². The van der Waals surface area contributed by atoms with Crippen molar-refractivity contribution in [3.63, 3.8) is 0 Å². The van der Waals surface area contributed by atoms with Crippen LogP contribution in [0.5, 0.6) is 0 Å². The normalized spacial score (nSPS) is 18.5. The highest BCUT2D eigenvalue weighted by molar-refractivity contribution is 5.85. The van der Waals surface area contributed by atoms with E-state index < -0.39 is 0 Å². The fourth-order valence-electron chi connectivity index (χ4n) is 2.60. The number of rotatable bonds is 7. The molecule has 8 heteroatoms. The number of nitrogens with one attached hydrogen (secondary N) is 2. The minimum Gasteiger partial charge on any atom is -0.384 e. The maximum atomic E-state index is 5.84. The standard InChI is InChI=1S/C16H22N6.2ClH/c17-13-7-12(8-13)15-9-16(22-11-21-15)20-6-2-5-19-14-3-1-4-18-10-14;;/h1,3-4,9-13,19H,2,5-8,17H2,(H,20,21,22);2*1H. The molecule has 24 heavy (non-hydrogen) atoms. The number of halogens is 2. The van der Waals surface area contributed by atoms with Crippen molar-refractivity contribution in [2.75, 3.05) is 23.7 Å². The van der Waals surface area contributed by atoms with E-state index >= 15 is 0 Å². The number of pyridine rings is 1. The van der Waals surface area contributed by atoms with Gasteiger partial charge in [-0.25, -0.2) is 9.97 Å². The predicted molar refractivity (Wildman–Crippen MR) is 102 cm³/mol. The second-order valence-electron chi connectivity index (χ2n) is 5.71. The summed E-state index contributed by atoms with van der Waals surface area (Å²) >= 11 is 0. The van der Waals surface area contributed by atoms with Gasteiger partial charge in [-0.15, -0.1) is 24.8 Å². The van der Waals surface area contributed by atoms with Gasteiger partial charge in [0.25, 0.3) is 0 Å². The van der Waals surface area contributed by atoms with Gasteiger partial charge in [0.05, 0.1) is 5.69 Å². The first-order chi connectivity index (χ1) is 10.8. The lowest BCUT2D eigenvalue weighted by Gasteiger charge is -2.31. The molecule has 0 atom stereocenters. The van der Waals surface area contributed by atoms with E-state index in [1.54, 1.807) is 12.5 Å². The van der Waals surface area contributed by atoms with Crippen LogP contribution in [0.4, 0.5) is 11.5 Å². The van der Waals surface area contributed by atoms with E-state index in [9.17, 15) is 0 Å². The van der Waals surface area contributed by atoms with Crippen molar-refractivity contribution in [3.05, 3.63) is 42.6 Å². The summed E-state index contributed by atoms with van der Waals surface area (Å²) < 4.78 is 0. The quantitative estimate of drug-likeness (QED) is 0.649. The smallest absolute Gasteiger partial charge is 0.129 e. The maximum Gasteiger partial charge on any atom is 0.129 e. The van der Waals surface area contributed by atoms with Crippen molar-refractivity contribution in [1.82, 2.24) is 15.0 Å². The van der Waals surface area contributed by atoms with Gasteiger partial charge in [-0.3, -0.25) is 4.98 Å². The summed E-state index contributed by atoms with van der Waals surface area (Å²) in [6.45, 7) is 1.77. The van der Waals surface area contributed by atoms with Crippen LogP contribution < -0.4 is 16.4 Å². The van der Waals surface area contributed by atoms with Gasteiger partial charge in [0.1, 0.15) is 12.1 Å². The molecule has 0 amide bonds. The topological polar surface area (TPSA) is 88.8 Å². The third kappa shape index (κ3) is 5.78. The highest BCUT2D eigenvalue weighted by atomic mass is 35.5. The van der Waals surface area contributed by atoms with E-state index in [0.29, 0.717) is 12.0 Å². The monoisotopic (exact) mass is 370 g/mol. The molecule has 1 aliphatic rings. The summed E-state index contributed by atoms with van der Waals surface area (Å²) in [5, 5.41) is 6.68. The number of aromatic nitrogens is 3. The van der Waals surface area contributed by atoms with E-state index in [0.717, 1.165) is 49.6 Å². The van der Waals surface area contributed by atoms with Crippen molar-refractivity contribution in [2.24, 2.45) is 5.73 Å². The van der Waals surface area contributed by atoms with Crippen molar-refractivity contribution in [3.8, 4) is 0 Å². The molecule has 0 saturated heterocycles. The molecule has 2 heterocycles. The van der Waals surface area contributed by atoms with Gasteiger partial charge in [-0.1, -0.05) is 0 Å². The Labute approximate surface area is 154 Å². The van der Waals surface area contributed by atoms with Crippen LogP contribution in [-0.2, 0) is 0 Å². The van der Waals surface area contributed by atoms with Gasteiger partial charge in [0, 0.05) is 49.2 Å². The van der Waals surface area contributed by atoms with Crippen LogP contribution >= 0.6 is 24.8 Å². The molecule has 0 radical (unpaired) electrons. The third-order valence-corrected chi connectivity index (χ3v) is 3.93. The molecular formula is C16H24Cl2N6. The minimum absolute atomic E-state index is 0. The predicted octanol–water partition coefficient (Wildman–Crippen LogP) is 2.83. The van der Waals surface area contributed by atoms with Crippen LogP contribution in [0.3, 0.4) is 0 Å². The first-order valence-electron chi connectivity index (χ1n) is 7.76. The lowest BCUT2D eigenvalue weighted by Crippen LogP contribution is -2.35. The van der Waals surface area contributed by atoms with Gasteiger partial charge in [0.2, 0.25) is 0 Å². The molecule has 1 saturated carbocycles. The highest BCUT2D eigenvalue weighted by Gasteiger charge is 2.28. The summed E-state index contributed by atoms with van der Waals surface area (Å²) in [6, 6.07) is 6.33. The Morgan fingerprint density at radius 2 is 1.92 bits per heavy atom. The third-order valence-electron chi connectivity index (χ3n) is 3.93. The molecule has 0 aliphatic heterocycles. The lowest BCUT2D eigenvalue weighted by atomic mass is 9.79. The van der Waals surface area contributed by atoms with Crippen molar-refractivity contribution < 1.29 is 0 Å². The molecule has 1 aliphatic carbocycles. The van der Waals surface area contributed by atoms with E-state index in [-0.39, 0.29) is 24.8 Å². The molecule has 4 N–H and O–H groups in total. The maximum absolute atomic E-state index is 5.84. The van der Waals surface area contributed by atoms with Gasteiger partial charge < -0.3 is 16.4 Å². The fourth-order valence-corrected chi connectivity index (χ4v) is 2.60. The Hall–Kier alpha value is -1.63. The Morgan fingerprint density at radius 3 is 2.62 bits per heavy atom. The van der Waals surface area contributed by atoms with Crippen LogP contribution in [0.1, 0.15) is 30.9 Å². The second-order valence-corrected chi connectivity index (χ2v) is 5.71. The minimum atomic E-state index is 0. The SMILES string of the molecule is Cl.Cl.NC1CC(c2cc(NCCCNc3cccnc3)ncn2)C1. The molecule has 0 unspecified atom stereocenters. The van der Waals surface area contributed by atoms with Crippen LogP contribution in [0.15, 0.2) is 36.9 Å². The Kier molecular flexibility index (Phi) is 8.74. The van der Waals surface area contributed by atoms with Crippen molar-refractivity contribution in [2.45, 2.75) is 31.2 Å². The average molecular weight is 371 g/mol. The Morgan fingerprint density at radius 1 is 1.12 bits per heavy atom. The number of hydrogen-bond acceptors (Lipinski definition) is 6. The summed E-state index contributed by atoms with van der Waals surface area (Å²) in [6.07, 6.45) is 8.30.